The van der Waals surface area contributed by atoms with E-state index in [0.717, 1.165) is 39.4 Å². The summed E-state index contributed by atoms with van der Waals surface area (Å²) in [6.45, 7) is 0.861. The van der Waals surface area contributed by atoms with Gasteiger partial charge in [0.2, 0.25) is 0 Å². The number of thioether (sulfide) groups is 1. The zero-order chi connectivity index (χ0) is 16.1. The third kappa shape index (κ3) is 4.71. The topological polar surface area (TPSA) is 38.3 Å². The summed E-state index contributed by atoms with van der Waals surface area (Å²) in [6.07, 6.45) is 2.57. The highest BCUT2D eigenvalue weighted by atomic mass is 127. The van der Waals surface area contributed by atoms with E-state index in [4.69, 9.17) is 4.74 Å². The van der Waals surface area contributed by atoms with E-state index in [1.165, 1.54) is 0 Å². The van der Waals surface area contributed by atoms with Crippen molar-refractivity contribution in [2.75, 3.05) is 17.7 Å². The lowest BCUT2D eigenvalue weighted by atomic mass is 10.2. The van der Waals surface area contributed by atoms with E-state index in [9.17, 15) is 4.79 Å². The maximum atomic E-state index is 12.6. The molecule has 0 saturated carbocycles. The van der Waals surface area contributed by atoms with E-state index in [1.807, 2.05) is 48.5 Å². The van der Waals surface area contributed by atoms with Crippen molar-refractivity contribution in [2.24, 2.45) is 0 Å². The molecule has 120 valence electrons. The van der Waals surface area contributed by atoms with Gasteiger partial charge in [-0.05, 0) is 71.8 Å². The summed E-state index contributed by atoms with van der Waals surface area (Å²) < 4.78 is 6.81. The molecule has 1 heterocycles. The van der Waals surface area contributed by atoms with Crippen LogP contribution in [0.3, 0.4) is 0 Å². The number of ether oxygens (including phenoxy) is 1. The zero-order valence-corrected chi connectivity index (χ0v) is 15.6. The quantitative estimate of drug-likeness (QED) is 0.537. The van der Waals surface area contributed by atoms with Crippen molar-refractivity contribution in [3.05, 3.63) is 57.7 Å². The third-order valence-electron chi connectivity index (χ3n) is 3.68. The fourth-order valence-corrected chi connectivity index (χ4v) is 3.95. The van der Waals surface area contributed by atoms with Crippen molar-refractivity contribution >= 4 is 45.9 Å². The Balaban J connectivity index is 1.68. The molecule has 1 fully saturated rings. The monoisotopic (exact) mass is 439 g/mol. The molecule has 1 aliphatic rings. The lowest BCUT2D eigenvalue weighted by Crippen LogP contribution is -2.14. The van der Waals surface area contributed by atoms with Crippen molar-refractivity contribution in [1.29, 1.82) is 0 Å². The average molecular weight is 439 g/mol. The van der Waals surface area contributed by atoms with Crippen LogP contribution in [0.15, 0.2) is 53.4 Å². The van der Waals surface area contributed by atoms with Gasteiger partial charge in [0.1, 0.15) is 0 Å². The van der Waals surface area contributed by atoms with E-state index in [-0.39, 0.29) is 5.91 Å². The normalized spacial score (nSPS) is 17.2. The molecule has 1 saturated heterocycles. The molecule has 0 radical (unpaired) electrons. The molecule has 0 aromatic heterocycles. The van der Waals surface area contributed by atoms with Crippen LogP contribution in [0.4, 0.5) is 5.69 Å². The number of hydrogen-bond acceptors (Lipinski definition) is 3. The Hall–Kier alpha value is -1.05. The fraction of sp³-hybridized carbons (Fsp3) is 0.278. The molecule has 2 aromatic rings. The highest BCUT2D eigenvalue weighted by Gasteiger charge is 2.18. The smallest absolute Gasteiger partial charge is 0.256 e. The van der Waals surface area contributed by atoms with Crippen molar-refractivity contribution < 1.29 is 9.53 Å². The van der Waals surface area contributed by atoms with Gasteiger partial charge in [-0.25, -0.2) is 0 Å². The molecule has 3 nitrogen and oxygen atoms in total. The predicted molar refractivity (Wildman–Crippen MR) is 103 cm³/mol. The Bertz CT molecular complexity index is 669. The Kier molecular flexibility index (Phi) is 5.96. The highest BCUT2D eigenvalue weighted by Crippen LogP contribution is 2.27. The highest BCUT2D eigenvalue weighted by molar-refractivity contribution is 14.1. The van der Waals surface area contributed by atoms with E-state index in [2.05, 4.69) is 27.9 Å². The molecule has 0 aliphatic carbocycles. The first-order valence-corrected chi connectivity index (χ1v) is 9.69. The van der Waals surface area contributed by atoms with Crippen LogP contribution in [0, 0.1) is 3.57 Å². The zero-order valence-electron chi connectivity index (χ0n) is 12.6. The second-order valence-electron chi connectivity index (χ2n) is 5.40. The van der Waals surface area contributed by atoms with Gasteiger partial charge in [-0.3, -0.25) is 4.79 Å². The summed E-state index contributed by atoms with van der Waals surface area (Å²) in [4.78, 5) is 13.6. The van der Waals surface area contributed by atoms with Gasteiger partial charge in [-0.15, -0.1) is 11.8 Å². The SMILES string of the molecule is O=C(Nc1ccc(I)cc1)c1ccccc1SCC1CCCO1. The van der Waals surface area contributed by atoms with Gasteiger partial charge >= 0.3 is 0 Å². The first-order chi connectivity index (χ1) is 11.2. The summed E-state index contributed by atoms with van der Waals surface area (Å²) in [6, 6.07) is 15.5. The lowest BCUT2D eigenvalue weighted by Gasteiger charge is -2.12. The first-order valence-electron chi connectivity index (χ1n) is 7.63. The lowest BCUT2D eigenvalue weighted by molar-refractivity contribution is 0.102. The number of anilines is 1. The van der Waals surface area contributed by atoms with Crippen molar-refractivity contribution in [1.82, 2.24) is 0 Å². The van der Waals surface area contributed by atoms with E-state index < -0.39 is 0 Å². The van der Waals surface area contributed by atoms with Gasteiger partial charge in [-0.2, -0.15) is 0 Å². The van der Waals surface area contributed by atoms with Gasteiger partial charge in [0.05, 0.1) is 11.7 Å². The van der Waals surface area contributed by atoms with Crippen molar-refractivity contribution in [2.45, 2.75) is 23.8 Å². The van der Waals surface area contributed by atoms with Crippen LogP contribution in [-0.2, 0) is 4.74 Å². The number of amides is 1. The van der Waals surface area contributed by atoms with Crippen LogP contribution in [0.25, 0.3) is 0 Å². The maximum Gasteiger partial charge on any atom is 0.256 e. The molecule has 1 atom stereocenters. The van der Waals surface area contributed by atoms with Gasteiger partial charge in [0.25, 0.3) is 5.91 Å². The summed E-state index contributed by atoms with van der Waals surface area (Å²) in [5.74, 6) is 0.829. The van der Waals surface area contributed by atoms with Crippen molar-refractivity contribution in [3.8, 4) is 0 Å². The number of nitrogens with one attached hydrogen (secondary N) is 1. The Morgan fingerprint density at radius 3 is 2.74 bits per heavy atom. The van der Waals surface area contributed by atoms with Crippen LogP contribution < -0.4 is 5.32 Å². The molecule has 3 rings (SSSR count). The van der Waals surface area contributed by atoms with Crippen LogP contribution in [-0.4, -0.2) is 24.4 Å². The average Bonchev–Trinajstić information content (AvgIpc) is 3.09. The molecular weight excluding hydrogens is 421 g/mol. The number of halogens is 1. The number of carbonyl (C=O) groups excluding carboxylic acids is 1. The third-order valence-corrected chi connectivity index (χ3v) is 5.61. The van der Waals surface area contributed by atoms with E-state index >= 15 is 0 Å². The second-order valence-corrected chi connectivity index (χ2v) is 7.71. The predicted octanol–water partition coefficient (Wildman–Crippen LogP) is 4.81. The van der Waals surface area contributed by atoms with Crippen LogP contribution >= 0.6 is 34.4 Å². The van der Waals surface area contributed by atoms with Crippen LogP contribution in [0.2, 0.25) is 0 Å². The molecular formula is C18H18INO2S. The maximum absolute atomic E-state index is 12.6. The number of hydrogen-bond donors (Lipinski definition) is 1. The van der Waals surface area contributed by atoms with Gasteiger partial charge in [0, 0.05) is 26.5 Å². The molecule has 5 heteroatoms. The summed E-state index contributed by atoms with van der Waals surface area (Å²) >= 11 is 3.95. The standard InChI is InChI=1S/C18H18INO2S/c19-13-7-9-14(10-8-13)20-18(21)16-5-1-2-6-17(16)23-12-15-4-3-11-22-15/h1-2,5-10,15H,3-4,11-12H2,(H,20,21). The Morgan fingerprint density at radius 2 is 2.00 bits per heavy atom. The molecule has 23 heavy (non-hydrogen) atoms. The molecule has 1 aliphatic heterocycles. The number of benzene rings is 2. The molecule has 0 bridgehead atoms. The van der Waals surface area contributed by atoms with Crippen LogP contribution in [0.1, 0.15) is 23.2 Å². The molecule has 0 spiro atoms. The summed E-state index contributed by atoms with van der Waals surface area (Å²) in [7, 11) is 0. The molecule has 1 unspecified atom stereocenters. The van der Waals surface area contributed by atoms with Crippen molar-refractivity contribution in [3.63, 3.8) is 0 Å². The fourth-order valence-electron chi connectivity index (χ4n) is 2.47. The molecule has 1 amide bonds. The van der Waals surface area contributed by atoms with Gasteiger partial charge in [0.15, 0.2) is 0 Å². The minimum atomic E-state index is -0.0679. The first kappa shape index (κ1) is 16.8. The van der Waals surface area contributed by atoms with Crippen LogP contribution in [0.5, 0.6) is 0 Å². The molecule has 1 N–H and O–H groups in total. The number of rotatable bonds is 5. The summed E-state index contributed by atoms with van der Waals surface area (Å²) in [5, 5.41) is 2.97. The summed E-state index contributed by atoms with van der Waals surface area (Å²) in [5.41, 5.74) is 1.53. The molecule has 2 aromatic carbocycles. The second kappa shape index (κ2) is 8.17. The largest absolute Gasteiger partial charge is 0.377 e. The van der Waals surface area contributed by atoms with Gasteiger partial charge < -0.3 is 10.1 Å². The Morgan fingerprint density at radius 1 is 1.22 bits per heavy atom. The number of carbonyl (C=O) groups is 1. The minimum absolute atomic E-state index is 0.0679. The Labute approximate surface area is 154 Å². The van der Waals surface area contributed by atoms with E-state index in [0.29, 0.717) is 11.7 Å². The van der Waals surface area contributed by atoms with Gasteiger partial charge in [-0.1, -0.05) is 12.1 Å². The van der Waals surface area contributed by atoms with E-state index in [1.54, 1.807) is 11.8 Å². The minimum Gasteiger partial charge on any atom is -0.377 e.